The van der Waals surface area contributed by atoms with Crippen molar-refractivity contribution in [3.05, 3.63) is 29.3 Å². The molecule has 1 unspecified atom stereocenters. The Hall–Kier alpha value is -2.61. The molecular weight excluding hydrogens is 396 g/mol. The van der Waals surface area contributed by atoms with Crippen molar-refractivity contribution < 1.29 is 19.5 Å². The number of carboxylic acids is 1. The number of benzene rings is 1. The average Bonchev–Trinajstić information content (AvgIpc) is 2.89. The van der Waals surface area contributed by atoms with Gasteiger partial charge in [-0.2, -0.15) is 0 Å². The average molecular weight is 429 g/mol. The fourth-order valence-electron chi connectivity index (χ4n) is 5.06. The molecule has 0 bridgehead atoms. The highest BCUT2D eigenvalue weighted by Gasteiger charge is 2.31. The molecule has 168 valence electrons. The van der Waals surface area contributed by atoms with E-state index in [1.165, 1.54) is 37.3 Å². The van der Waals surface area contributed by atoms with E-state index in [1.54, 1.807) is 19.2 Å². The van der Waals surface area contributed by atoms with E-state index in [-0.39, 0.29) is 18.2 Å². The Labute approximate surface area is 183 Å². The van der Waals surface area contributed by atoms with E-state index in [0.717, 1.165) is 31.5 Å². The topological polar surface area (TPSA) is 93.2 Å². The SMILES string of the molecule is CN1Cc2cc(C(=O)N3CCC(N4CCCCC4)CC3)ccc2NC(CC(=O)O)C1=O. The monoisotopic (exact) mass is 428 g/mol. The van der Waals surface area contributed by atoms with Crippen molar-refractivity contribution in [2.24, 2.45) is 0 Å². The number of carbonyl (C=O) groups is 3. The molecule has 0 aromatic heterocycles. The van der Waals surface area contributed by atoms with E-state index in [1.807, 2.05) is 11.0 Å². The molecule has 0 saturated carbocycles. The number of carbonyl (C=O) groups excluding carboxylic acids is 2. The molecule has 0 radical (unpaired) electrons. The van der Waals surface area contributed by atoms with Crippen LogP contribution in [0.3, 0.4) is 0 Å². The number of hydrogen-bond donors (Lipinski definition) is 2. The lowest BCUT2D eigenvalue weighted by molar-refractivity contribution is -0.141. The van der Waals surface area contributed by atoms with Crippen LogP contribution < -0.4 is 5.32 Å². The fraction of sp³-hybridized carbons (Fsp3) is 0.609. The molecule has 4 rings (SSSR count). The smallest absolute Gasteiger partial charge is 0.305 e. The molecule has 2 amide bonds. The molecule has 0 aliphatic carbocycles. The van der Waals surface area contributed by atoms with E-state index in [0.29, 0.717) is 23.8 Å². The number of nitrogens with zero attached hydrogens (tertiary/aromatic N) is 3. The van der Waals surface area contributed by atoms with Crippen LogP contribution in [0.4, 0.5) is 5.69 Å². The summed E-state index contributed by atoms with van der Waals surface area (Å²) in [5.41, 5.74) is 2.16. The predicted molar refractivity (Wildman–Crippen MR) is 117 cm³/mol. The van der Waals surface area contributed by atoms with Crippen LogP contribution in [0.25, 0.3) is 0 Å². The summed E-state index contributed by atoms with van der Waals surface area (Å²) in [6.07, 6.45) is 5.66. The summed E-state index contributed by atoms with van der Waals surface area (Å²) in [4.78, 5) is 42.8. The first kappa shape index (κ1) is 21.6. The van der Waals surface area contributed by atoms with Gasteiger partial charge in [0.15, 0.2) is 0 Å². The predicted octanol–water partition coefficient (Wildman–Crippen LogP) is 2.00. The van der Waals surface area contributed by atoms with Gasteiger partial charge in [0, 0.05) is 44.0 Å². The maximum Gasteiger partial charge on any atom is 0.305 e. The molecule has 3 aliphatic rings. The van der Waals surface area contributed by atoms with Gasteiger partial charge in [-0.15, -0.1) is 0 Å². The molecule has 2 fully saturated rings. The van der Waals surface area contributed by atoms with E-state index in [9.17, 15) is 14.4 Å². The summed E-state index contributed by atoms with van der Waals surface area (Å²) in [5, 5.41) is 12.2. The van der Waals surface area contributed by atoms with Crippen molar-refractivity contribution in [1.82, 2.24) is 14.7 Å². The molecule has 1 aromatic rings. The summed E-state index contributed by atoms with van der Waals surface area (Å²) in [7, 11) is 1.66. The van der Waals surface area contributed by atoms with E-state index in [4.69, 9.17) is 5.11 Å². The number of carboxylic acid groups (broad SMARTS) is 1. The van der Waals surface area contributed by atoms with Crippen molar-refractivity contribution >= 4 is 23.5 Å². The lowest BCUT2D eigenvalue weighted by Crippen LogP contribution is -2.48. The number of piperidine rings is 2. The normalized spacial score (nSPS) is 23.1. The van der Waals surface area contributed by atoms with Gasteiger partial charge in [-0.1, -0.05) is 6.42 Å². The molecule has 8 nitrogen and oxygen atoms in total. The Bertz CT molecular complexity index is 844. The van der Waals surface area contributed by atoms with Crippen LogP contribution in [0.15, 0.2) is 18.2 Å². The van der Waals surface area contributed by atoms with Gasteiger partial charge in [-0.05, 0) is 62.5 Å². The molecular formula is C23H32N4O4. The zero-order chi connectivity index (χ0) is 22.0. The summed E-state index contributed by atoms with van der Waals surface area (Å²) in [5.74, 6) is -1.26. The van der Waals surface area contributed by atoms with Crippen molar-refractivity contribution in [1.29, 1.82) is 0 Å². The Morgan fingerprint density at radius 2 is 1.81 bits per heavy atom. The number of nitrogens with one attached hydrogen (secondary N) is 1. The van der Waals surface area contributed by atoms with Gasteiger partial charge >= 0.3 is 5.97 Å². The number of likely N-dealkylation sites (tertiary alicyclic amines) is 2. The third kappa shape index (κ3) is 4.84. The summed E-state index contributed by atoms with van der Waals surface area (Å²) < 4.78 is 0. The molecule has 3 heterocycles. The second-order valence-corrected chi connectivity index (χ2v) is 8.98. The molecule has 1 atom stereocenters. The minimum Gasteiger partial charge on any atom is -0.481 e. The largest absolute Gasteiger partial charge is 0.481 e. The molecule has 3 aliphatic heterocycles. The van der Waals surface area contributed by atoms with Gasteiger partial charge in [0.05, 0.1) is 6.42 Å². The molecule has 0 spiro atoms. The van der Waals surface area contributed by atoms with E-state index < -0.39 is 12.0 Å². The number of amides is 2. The Morgan fingerprint density at radius 1 is 1.10 bits per heavy atom. The Kier molecular flexibility index (Phi) is 6.46. The van der Waals surface area contributed by atoms with Gasteiger partial charge in [0.25, 0.3) is 5.91 Å². The zero-order valence-corrected chi connectivity index (χ0v) is 18.2. The van der Waals surface area contributed by atoms with Gasteiger partial charge in [-0.3, -0.25) is 14.4 Å². The van der Waals surface area contributed by atoms with Gasteiger partial charge in [0.2, 0.25) is 5.91 Å². The number of hydrogen-bond acceptors (Lipinski definition) is 5. The van der Waals surface area contributed by atoms with Gasteiger partial charge in [-0.25, -0.2) is 0 Å². The third-order valence-corrected chi connectivity index (χ3v) is 6.80. The molecule has 2 saturated heterocycles. The van der Waals surface area contributed by atoms with E-state index in [2.05, 4.69) is 10.2 Å². The van der Waals surface area contributed by atoms with Crippen LogP contribution in [0.5, 0.6) is 0 Å². The van der Waals surface area contributed by atoms with Crippen LogP contribution in [0.1, 0.15) is 54.4 Å². The first-order valence-corrected chi connectivity index (χ1v) is 11.3. The lowest BCUT2D eigenvalue weighted by atomic mass is 9.99. The number of rotatable bonds is 4. The van der Waals surface area contributed by atoms with Crippen LogP contribution in [0, 0.1) is 0 Å². The van der Waals surface area contributed by atoms with Crippen molar-refractivity contribution in [3.63, 3.8) is 0 Å². The van der Waals surface area contributed by atoms with Crippen molar-refractivity contribution in [2.75, 3.05) is 38.5 Å². The molecule has 8 heteroatoms. The second-order valence-electron chi connectivity index (χ2n) is 8.98. The Balaban J connectivity index is 1.43. The highest BCUT2D eigenvalue weighted by atomic mass is 16.4. The quantitative estimate of drug-likeness (QED) is 0.762. The highest BCUT2D eigenvalue weighted by Crippen LogP contribution is 2.27. The van der Waals surface area contributed by atoms with Crippen LogP contribution in [0.2, 0.25) is 0 Å². The van der Waals surface area contributed by atoms with Crippen LogP contribution in [-0.4, -0.2) is 82.9 Å². The van der Waals surface area contributed by atoms with E-state index >= 15 is 0 Å². The summed E-state index contributed by atoms with van der Waals surface area (Å²) >= 11 is 0. The minimum atomic E-state index is -1.03. The fourth-order valence-corrected chi connectivity index (χ4v) is 5.06. The number of fused-ring (bicyclic) bond motifs is 1. The lowest BCUT2D eigenvalue weighted by Gasteiger charge is -2.40. The summed E-state index contributed by atoms with van der Waals surface area (Å²) in [6, 6.07) is 5.20. The van der Waals surface area contributed by atoms with Crippen molar-refractivity contribution in [3.8, 4) is 0 Å². The number of likely N-dealkylation sites (N-methyl/N-ethyl adjacent to an activating group) is 1. The Morgan fingerprint density at radius 3 is 2.48 bits per heavy atom. The van der Waals surface area contributed by atoms with Gasteiger partial charge in [0.1, 0.15) is 6.04 Å². The maximum absolute atomic E-state index is 13.1. The number of aliphatic carboxylic acids is 1. The molecule has 2 N–H and O–H groups in total. The maximum atomic E-state index is 13.1. The first-order chi connectivity index (χ1) is 14.9. The van der Waals surface area contributed by atoms with Crippen molar-refractivity contribution in [2.45, 2.75) is 57.2 Å². The summed E-state index contributed by atoms with van der Waals surface area (Å²) in [6.45, 7) is 4.26. The number of anilines is 1. The highest BCUT2D eigenvalue weighted by molar-refractivity contribution is 5.96. The van der Waals surface area contributed by atoms with Crippen LogP contribution >= 0.6 is 0 Å². The molecule has 1 aromatic carbocycles. The minimum absolute atomic E-state index is 0.0280. The third-order valence-electron chi connectivity index (χ3n) is 6.80. The van der Waals surface area contributed by atoms with Crippen LogP contribution in [-0.2, 0) is 16.1 Å². The second kappa shape index (κ2) is 9.26. The standard InChI is InChI=1S/C23H32N4O4/c1-25-15-17-13-16(5-6-19(17)24-20(23(25)31)14-21(28)29)22(30)27-11-7-18(8-12-27)26-9-3-2-4-10-26/h5-6,13,18,20,24H,2-4,7-12,14-15H2,1H3,(H,28,29). The van der Waals surface area contributed by atoms with Gasteiger partial charge < -0.3 is 25.1 Å². The first-order valence-electron chi connectivity index (χ1n) is 11.3. The molecule has 31 heavy (non-hydrogen) atoms. The zero-order valence-electron chi connectivity index (χ0n) is 18.2.